The summed E-state index contributed by atoms with van der Waals surface area (Å²) in [5.41, 5.74) is 2.69. The van der Waals surface area contributed by atoms with Crippen LogP contribution in [0.4, 0.5) is 5.69 Å². The van der Waals surface area contributed by atoms with Crippen molar-refractivity contribution in [3.05, 3.63) is 26.2 Å². The van der Waals surface area contributed by atoms with E-state index in [-0.39, 0.29) is 10.0 Å². The average Bonchev–Trinajstić information content (AvgIpc) is 2.12. The van der Waals surface area contributed by atoms with E-state index in [0.717, 1.165) is 0 Å². The highest BCUT2D eigenvalue weighted by atomic mass is 35.5. The minimum Gasteiger partial charge on any atom is -0.321 e. The second kappa shape index (κ2) is 6.99. The van der Waals surface area contributed by atoms with Crippen LogP contribution in [0.25, 0.3) is 0 Å². The molecule has 0 spiro atoms. The van der Waals surface area contributed by atoms with Gasteiger partial charge in [-0.25, -0.2) is 4.57 Å². The van der Waals surface area contributed by atoms with Crippen LogP contribution in [0.3, 0.4) is 0 Å². The maximum Gasteiger partial charge on any atom is 0.466 e. The van der Waals surface area contributed by atoms with Gasteiger partial charge in [0.15, 0.2) is 0 Å². The van der Waals surface area contributed by atoms with Gasteiger partial charge in [-0.2, -0.15) is 0 Å². The highest BCUT2D eigenvalue weighted by Crippen LogP contribution is 2.40. The third-order valence-electron chi connectivity index (χ3n) is 1.26. The van der Waals surface area contributed by atoms with Gasteiger partial charge in [0.05, 0.1) is 25.8 Å². The number of benzene rings is 1. The Kier molecular flexibility index (Phi) is 7.09. The molecule has 17 heavy (non-hydrogen) atoms. The molecule has 11 heteroatoms. The molecule has 6 N–H and O–H groups in total. The minimum absolute atomic E-state index is 0.219. The Morgan fingerprint density at radius 1 is 1.06 bits per heavy atom. The van der Waals surface area contributed by atoms with Gasteiger partial charge in [0.1, 0.15) is 0 Å². The first-order valence-corrected chi connectivity index (χ1v) is 6.73. The van der Waals surface area contributed by atoms with E-state index in [1.807, 2.05) is 0 Å². The molecule has 0 atom stereocenters. The molecule has 0 unspecified atom stereocenters. The Morgan fingerprint density at radius 2 is 1.47 bits per heavy atom. The second-order valence-corrected chi connectivity index (χ2v) is 5.10. The summed E-state index contributed by atoms with van der Waals surface area (Å²) in [7, 11) is -4.64. The summed E-state index contributed by atoms with van der Waals surface area (Å²) in [6, 6.07) is 1.46. The molecule has 1 aromatic rings. The quantitative estimate of drug-likeness (QED) is 0.176. The van der Waals surface area contributed by atoms with Crippen LogP contribution in [-0.4, -0.2) is 14.7 Å². The van der Waals surface area contributed by atoms with E-state index >= 15 is 0 Å². The topological polar surface area (TPSA) is 116 Å². The van der Waals surface area contributed by atoms with E-state index in [0.29, 0.717) is 15.7 Å². The number of halogens is 4. The number of nitrogen functional groups attached to an aromatic ring is 1. The standard InChI is InChI=1S/C6H4Cl4N2.H3O4P/c7-2-1-3(8)6(12-11)5(10)4(2)9;1-5(2,3)4/h1,12H,11H2;(H3,1,2,3,4). The largest absolute Gasteiger partial charge is 0.466 e. The third-order valence-corrected chi connectivity index (χ3v) is 2.82. The first kappa shape index (κ1) is 17.2. The van der Waals surface area contributed by atoms with Crippen LogP contribution in [0.2, 0.25) is 20.1 Å². The van der Waals surface area contributed by atoms with Crippen molar-refractivity contribution in [3.63, 3.8) is 0 Å². The molecule has 98 valence electrons. The number of hydrogen-bond donors (Lipinski definition) is 5. The van der Waals surface area contributed by atoms with Crippen molar-refractivity contribution in [3.8, 4) is 0 Å². The van der Waals surface area contributed by atoms with Crippen molar-refractivity contribution in [1.82, 2.24) is 0 Å². The van der Waals surface area contributed by atoms with E-state index in [9.17, 15) is 0 Å². The molecule has 0 bridgehead atoms. The molecule has 0 aliphatic carbocycles. The fourth-order valence-corrected chi connectivity index (χ4v) is 1.72. The van der Waals surface area contributed by atoms with E-state index in [1.165, 1.54) is 6.07 Å². The molecule has 6 nitrogen and oxygen atoms in total. The Balaban J connectivity index is 0.000000437. The molecule has 0 fully saturated rings. The fraction of sp³-hybridized carbons (Fsp3) is 0. The summed E-state index contributed by atoms with van der Waals surface area (Å²) < 4.78 is 8.88. The molecule has 1 rings (SSSR count). The molecule has 0 heterocycles. The number of hydrazine groups is 1. The van der Waals surface area contributed by atoms with Crippen LogP contribution in [0, 0.1) is 0 Å². The van der Waals surface area contributed by atoms with Gasteiger partial charge in [0, 0.05) is 0 Å². The first-order chi connectivity index (χ1) is 7.57. The van der Waals surface area contributed by atoms with Gasteiger partial charge < -0.3 is 20.1 Å². The number of anilines is 1. The Morgan fingerprint density at radius 3 is 1.82 bits per heavy atom. The maximum absolute atomic E-state index is 8.88. The van der Waals surface area contributed by atoms with Crippen molar-refractivity contribution in [2.45, 2.75) is 0 Å². The van der Waals surface area contributed by atoms with E-state index in [4.69, 9.17) is 71.5 Å². The van der Waals surface area contributed by atoms with E-state index in [2.05, 4.69) is 5.43 Å². The average molecular weight is 344 g/mol. The zero-order valence-electron chi connectivity index (χ0n) is 7.86. The molecule has 1 aromatic carbocycles. The van der Waals surface area contributed by atoms with Crippen molar-refractivity contribution in [1.29, 1.82) is 0 Å². The van der Waals surface area contributed by atoms with Gasteiger partial charge in [-0.1, -0.05) is 46.4 Å². The van der Waals surface area contributed by atoms with Crippen LogP contribution in [0.15, 0.2) is 6.07 Å². The monoisotopic (exact) mass is 342 g/mol. The Labute approximate surface area is 116 Å². The molecule has 0 aliphatic rings. The summed E-state index contributed by atoms with van der Waals surface area (Å²) in [4.78, 5) is 21.6. The molecular weight excluding hydrogens is 337 g/mol. The van der Waals surface area contributed by atoms with Gasteiger partial charge >= 0.3 is 7.82 Å². The zero-order chi connectivity index (χ0) is 13.8. The van der Waals surface area contributed by atoms with Gasteiger partial charge in [-0.05, 0) is 6.07 Å². The molecule has 0 saturated carbocycles. The lowest BCUT2D eigenvalue weighted by molar-refractivity contribution is 0.275. The lowest BCUT2D eigenvalue weighted by Crippen LogP contribution is -2.07. The van der Waals surface area contributed by atoms with E-state index in [1.54, 1.807) is 0 Å². The summed E-state index contributed by atoms with van der Waals surface area (Å²) in [5, 5.41) is 1.08. The van der Waals surface area contributed by atoms with Gasteiger partial charge in [-0.3, -0.25) is 5.84 Å². The minimum atomic E-state index is -4.64. The lowest BCUT2D eigenvalue weighted by Gasteiger charge is -2.08. The summed E-state index contributed by atoms with van der Waals surface area (Å²) >= 11 is 22.9. The van der Waals surface area contributed by atoms with Gasteiger partial charge in [-0.15, -0.1) is 0 Å². The maximum atomic E-state index is 8.88. The zero-order valence-corrected chi connectivity index (χ0v) is 11.8. The highest BCUT2D eigenvalue weighted by Gasteiger charge is 2.12. The van der Waals surface area contributed by atoms with Crippen molar-refractivity contribution in [2.75, 3.05) is 5.43 Å². The summed E-state index contributed by atoms with van der Waals surface area (Å²) in [6.07, 6.45) is 0. The number of nitrogens with two attached hydrogens (primary N) is 1. The summed E-state index contributed by atoms with van der Waals surface area (Å²) in [6.45, 7) is 0. The Bertz CT molecular complexity index is 444. The highest BCUT2D eigenvalue weighted by molar-refractivity contribution is 7.45. The van der Waals surface area contributed by atoms with Crippen molar-refractivity contribution in [2.24, 2.45) is 5.84 Å². The van der Waals surface area contributed by atoms with Crippen LogP contribution in [0.5, 0.6) is 0 Å². The first-order valence-electron chi connectivity index (χ1n) is 3.65. The molecule has 0 amide bonds. The van der Waals surface area contributed by atoms with Gasteiger partial charge in [0.25, 0.3) is 0 Å². The number of rotatable bonds is 1. The summed E-state index contributed by atoms with van der Waals surface area (Å²) in [5.74, 6) is 5.15. The van der Waals surface area contributed by atoms with Crippen LogP contribution in [-0.2, 0) is 4.57 Å². The van der Waals surface area contributed by atoms with Crippen molar-refractivity contribution < 1.29 is 19.2 Å². The van der Waals surface area contributed by atoms with Gasteiger partial charge in [0.2, 0.25) is 0 Å². The SMILES string of the molecule is NNc1c(Cl)cc(Cl)c(Cl)c1Cl.O=P(O)(O)O. The van der Waals surface area contributed by atoms with E-state index < -0.39 is 7.82 Å². The van der Waals surface area contributed by atoms with Crippen LogP contribution in [0.1, 0.15) is 0 Å². The van der Waals surface area contributed by atoms with Crippen LogP contribution < -0.4 is 11.3 Å². The molecule has 0 radical (unpaired) electrons. The normalized spacial score (nSPS) is 10.6. The predicted molar refractivity (Wildman–Crippen MR) is 68.6 cm³/mol. The molecular formula is C6H7Cl4N2O4P. The fourth-order valence-electron chi connectivity index (χ4n) is 0.699. The second-order valence-electron chi connectivity index (χ2n) is 2.50. The molecule has 0 saturated heterocycles. The van der Waals surface area contributed by atoms with Crippen molar-refractivity contribution >= 4 is 59.9 Å². The van der Waals surface area contributed by atoms with Crippen LogP contribution >= 0.6 is 54.2 Å². The molecule has 0 aromatic heterocycles. The predicted octanol–water partition coefficient (Wildman–Crippen LogP) is 2.66. The number of nitrogens with one attached hydrogen (secondary N) is 1. The third kappa shape index (κ3) is 6.67. The smallest absolute Gasteiger partial charge is 0.321 e. The Hall–Kier alpha value is 0.250. The molecule has 0 aliphatic heterocycles. The lowest BCUT2D eigenvalue weighted by atomic mass is 10.3. The number of hydrogen-bond acceptors (Lipinski definition) is 3. The number of phosphoric acid groups is 1.